The van der Waals surface area contributed by atoms with Crippen LogP contribution in [0.5, 0.6) is 11.5 Å². The lowest BCUT2D eigenvalue weighted by Gasteiger charge is -2.34. The number of hydrogen-bond donors (Lipinski definition) is 0. The van der Waals surface area contributed by atoms with Crippen LogP contribution >= 0.6 is 11.3 Å². The van der Waals surface area contributed by atoms with E-state index in [1.807, 2.05) is 53.4 Å². The number of fused-ring (bicyclic) bond motifs is 3. The van der Waals surface area contributed by atoms with E-state index in [0.717, 1.165) is 68.8 Å². The van der Waals surface area contributed by atoms with Gasteiger partial charge in [0.05, 0.1) is 35.8 Å². The van der Waals surface area contributed by atoms with Crippen molar-refractivity contribution in [1.29, 1.82) is 0 Å². The van der Waals surface area contributed by atoms with Crippen LogP contribution in [-0.4, -0.2) is 65.5 Å². The van der Waals surface area contributed by atoms with E-state index in [-0.39, 0.29) is 5.91 Å². The topological polar surface area (TPSA) is 59.3 Å². The molecule has 188 valence electrons. The van der Waals surface area contributed by atoms with Crippen molar-refractivity contribution in [2.45, 2.75) is 6.54 Å². The van der Waals surface area contributed by atoms with Crippen molar-refractivity contribution in [3.8, 4) is 22.8 Å². The maximum absolute atomic E-state index is 12.9. The van der Waals surface area contributed by atoms with Gasteiger partial charge in [-0.3, -0.25) is 14.1 Å². The highest BCUT2D eigenvalue weighted by Gasteiger charge is 2.25. The zero-order valence-electron chi connectivity index (χ0n) is 20.9. The fourth-order valence-electron chi connectivity index (χ4n) is 4.94. The van der Waals surface area contributed by atoms with Crippen LogP contribution in [0.3, 0.4) is 0 Å². The fourth-order valence-corrected chi connectivity index (χ4v) is 6.02. The van der Waals surface area contributed by atoms with Gasteiger partial charge in [0.2, 0.25) is 0 Å². The summed E-state index contributed by atoms with van der Waals surface area (Å²) in [5.41, 5.74) is 5.07. The second-order valence-corrected chi connectivity index (χ2v) is 10.1. The lowest BCUT2D eigenvalue weighted by atomic mass is 10.1. The lowest BCUT2D eigenvalue weighted by Crippen LogP contribution is -2.48. The van der Waals surface area contributed by atoms with Gasteiger partial charge in [0.1, 0.15) is 11.5 Å². The second kappa shape index (κ2) is 9.88. The molecule has 1 saturated heterocycles. The highest BCUT2D eigenvalue weighted by molar-refractivity contribution is 7.23. The van der Waals surface area contributed by atoms with E-state index in [1.165, 1.54) is 0 Å². The maximum atomic E-state index is 12.9. The summed E-state index contributed by atoms with van der Waals surface area (Å²) in [5, 5.41) is 0. The SMILES string of the molecule is COc1ccc(-c2nc3sc4cc(OC)ccc4n3c2CN2CCN(C(=O)c3ccccc3)CC2)cc1. The molecule has 7 nitrogen and oxygen atoms in total. The Morgan fingerprint density at radius 3 is 2.30 bits per heavy atom. The number of aromatic nitrogens is 2. The van der Waals surface area contributed by atoms with Crippen LogP contribution in [0.25, 0.3) is 26.4 Å². The van der Waals surface area contributed by atoms with E-state index in [9.17, 15) is 4.79 Å². The molecule has 2 aromatic heterocycles. The molecule has 0 N–H and O–H groups in total. The van der Waals surface area contributed by atoms with Crippen LogP contribution in [0.15, 0.2) is 72.8 Å². The van der Waals surface area contributed by atoms with Gasteiger partial charge >= 0.3 is 0 Å². The monoisotopic (exact) mass is 512 g/mol. The number of hydrogen-bond acceptors (Lipinski definition) is 6. The summed E-state index contributed by atoms with van der Waals surface area (Å²) in [6.45, 7) is 3.77. The summed E-state index contributed by atoms with van der Waals surface area (Å²) < 4.78 is 14.2. The van der Waals surface area contributed by atoms with Crippen LogP contribution in [0.2, 0.25) is 0 Å². The smallest absolute Gasteiger partial charge is 0.253 e. The van der Waals surface area contributed by atoms with Crippen LogP contribution in [0.1, 0.15) is 16.1 Å². The Hall–Kier alpha value is -3.88. The number of imidazole rings is 1. The number of methoxy groups -OCH3 is 2. The maximum Gasteiger partial charge on any atom is 0.253 e. The molecule has 3 heterocycles. The molecule has 0 spiro atoms. The minimum Gasteiger partial charge on any atom is -0.497 e. The molecule has 3 aromatic carbocycles. The Labute approximate surface area is 219 Å². The highest BCUT2D eigenvalue weighted by Crippen LogP contribution is 2.35. The zero-order valence-corrected chi connectivity index (χ0v) is 21.7. The molecule has 0 saturated carbocycles. The molecule has 37 heavy (non-hydrogen) atoms. The average molecular weight is 513 g/mol. The van der Waals surface area contributed by atoms with Gasteiger partial charge in [0.15, 0.2) is 4.96 Å². The minimum atomic E-state index is 0.101. The molecular formula is C29H28N4O3S. The van der Waals surface area contributed by atoms with Gasteiger partial charge in [-0.1, -0.05) is 29.5 Å². The number of benzene rings is 3. The van der Waals surface area contributed by atoms with Gasteiger partial charge in [-0.25, -0.2) is 4.98 Å². The number of rotatable bonds is 6. The molecule has 0 unspecified atom stereocenters. The number of carbonyl (C=O) groups excluding carboxylic acids is 1. The Morgan fingerprint density at radius 2 is 1.59 bits per heavy atom. The molecule has 1 amide bonds. The first kappa shape index (κ1) is 23.5. The van der Waals surface area contributed by atoms with Crippen molar-refractivity contribution in [3.05, 3.63) is 84.1 Å². The number of piperazine rings is 1. The average Bonchev–Trinajstić information content (AvgIpc) is 3.49. The van der Waals surface area contributed by atoms with Gasteiger partial charge in [-0.2, -0.15) is 0 Å². The molecule has 1 aliphatic heterocycles. The molecule has 0 radical (unpaired) electrons. The Bertz CT molecular complexity index is 1550. The van der Waals surface area contributed by atoms with Gasteiger partial charge < -0.3 is 14.4 Å². The lowest BCUT2D eigenvalue weighted by molar-refractivity contribution is 0.0627. The number of carbonyl (C=O) groups is 1. The third-order valence-electron chi connectivity index (χ3n) is 6.97. The standard InChI is InChI=1S/C29H28N4O3S/c1-35-22-10-8-20(9-11-22)27-25(33-24-13-12-23(36-2)18-26(24)37-29(33)30-27)19-31-14-16-32(17-15-31)28(34)21-6-4-3-5-7-21/h3-13,18H,14-17,19H2,1-2H3. The third kappa shape index (κ3) is 4.43. The zero-order chi connectivity index (χ0) is 25.4. The molecule has 6 rings (SSSR count). The fraction of sp³-hybridized carbons (Fsp3) is 0.241. The second-order valence-electron chi connectivity index (χ2n) is 9.12. The summed E-state index contributed by atoms with van der Waals surface area (Å²) in [7, 11) is 3.37. The first-order valence-corrected chi connectivity index (χ1v) is 13.2. The van der Waals surface area contributed by atoms with Crippen molar-refractivity contribution in [2.75, 3.05) is 40.4 Å². The van der Waals surface area contributed by atoms with Crippen LogP contribution in [-0.2, 0) is 6.54 Å². The number of thiazole rings is 1. The first-order valence-electron chi connectivity index (χ1n) is 12.3. The van der Waals surface area contributed by atoms with Gasteiger partial charge in [-0.15, -0.1) is 0 Å². The van der Waals surface area contributed by atoms with E-state index in [0.29, 0.717) is 13.1 Å². The molecule has 5 aromatic rings. The molecule has 0 bridgehead atoms. The summed E-state index contributed by atoms with van der Waals surface area (Å²) in [6, 6.07) is 23.8. The van der Waals surface area contributed by atoms with Crippen LogP contribution in [0, 0.1) is 0 Å². The molecule has 0 atom stereocenters. The van der Waals surface area contributed by atoms with Gasteiger partial charge in [0.25, 0.3) is 5.91 Å². The van der Waals surface area contributed by atoms with Crippen molar-refractivity contribution in [1.82, 2.24) is 19.2 Å². The van der Waals surface area contributed by atoms with E-state index in [2.05, 4.69) is 33.6 Å². The van der Waals surface area contributed by atoms with E-state index in [4.69, 9.17) is 14.5 Å². The van der Waals surface area contributed by atoms with Gasteiger partial charge in [-0.05, 0) is 54.6 Å². The Morgan fingerprint density at radius 1 is 0.892 bits per heavy atom. The predicted molar refractivity (Wildman–Crippen MR) is 147 cm³/mol. The largest absolute Gasteiger partial charge is 0.497 e. The van der Waals surface area contributed by atoms with E-state index in [1.54, 1.807) is 25.6 Å². The Kier molecular flexibility index (Phi) is 6.28. The molecule has 0 aliphatic carbocycles. The summed E-state index contributed by atoms with van der Waals surface area (Å²) >= 11 is 1.67. The number of nitrogens with zero attached hydrogens (tertiary/aromatic N) is 4. The van der Waals surface area contributed by atoms with Crippen molar-refractivity contribution < 1.29 is 14.3 Å². The quantitative estimate of drug-likeness (QED) is 0.313. The van der Waals surface area contributed by atoms with Gasteiger partial charge in [0, 0.05) is 43.9 Å². The molecular weight excluding hydrogens is 484 g/mol. The first-order chi connectivity index (χ1) is 18.1. The Balaban J connectivity index is 1.32. The van der Waals surface area contributed by atoms with Crippen LogP contribution < -0.4 is 9.47 Å². The number of ether oxygens (including phenoxy) is 2. The van der Waals surface area contributed by atoms with Crippen molar-refractivity contribution >= 4 is 32.4 Å². The number of amides is 1. The minimum absolute atomic E-state index is 0.101. The summed E-state index contributed by atoms with van der Waals surface area (Å²) in [4.78, 5) is 23.3. The molecule has 1 aliphatic rings. The summed E-state index contributed by atoms with van der Waals surface area (Å²) in [6.07, 6.45) is 0. The van der Waals surface area contributed by atoms with Crippen molar-refractivity contribution in [3.63, 3.8) is 0 Å². The van der Waals surface area contributed by atoms with Crippen LogP contribution in [0.4, 0.5) is 0 Å². The van der Waals surface area contributed by atoms with Crippen molar-refractivity contribution in [2.24, 2.45) is 0 Å². The molecule has 8 heteroatoms. The normalized spacial score (nSPS) is 14.4. The third-order valence-corrected chi connectivity index (χ3v) is 7.97. The van der Waals surface area contributed by atoms with E-state index >= 15 is 0 Å². The highest BCUT2D eigenvalue weighted by atomic mass is 32.1. The summed E-state index contributed by atoms with van der Waals surface area (Å²) in [5.74, 6) is 1.76. The van der Waals surface area contributed by atoms with E-state index < -0.39 is 0 Å². The predicted octanol–water partition coefficient (Wildman–Crippen LogP) is 5.19. The molecule has 1 fully saturated rings.